The quantitative estimate of drug-likeness (QED) is 0.0419. The lowest BCUT2D eigenvalue weighted by atomic mass is 10.2. The average molecular weight is 1600 g/mol. The number of methoxy groups -OCH3 is 3. The highest BCUT2D eigenvalue weighted by Crippen LogP contribution is 2.27. The van der Waals surface area contributed by atoms with Gasteiger partial charge in [-0.1, -0.05) is 15.9 Å². The first-order valence-electron chi connectivity index (χ1n) is 24.0. The van der Waals surface area contributed by atoms with Crippen molar-refractivity contribution in [2.45, 2.75) is 91.2 Å². The van der Waals surface area contributed by atoms with Crippen LogP contribution in [0.15, 0.2) is 100 Å². The van der Waals surface area contributed by atoms with Crippen molar-refractivity contribution in [1.29, 1.82) is 0 Å². The van der Waals surface area contributed by atoms with Gasteiger partial charge in [0.05, 0.1) is 52.2 Å². The van der Waals surface area contributed by atoms with Crippen LogP contribution < -0.4 is 5.48 Å². The van der Waals surface area contributed by atoms with Gasteiger partial charge in [0, 0.05) is 98.1 Å². The van der Waals surface area contributed by atoms with E-state index in [1.54, 1.807) is 43.0 Å². The zero-order chi connectivity index (χ0) is 62.1. The Morgan fingerprint density at radius 1 is 0.518 bits per heavy atom. The molecule has 3 N–H and O–H groups in total. The normalized spacial score (nSPS) is 12.8. The molecule has 0 atom stereocenters. The molecule has 30 heteroatoms. The van der Waals surface area contributed by atoms with Gasteiger partial charge in [-0.3, -0.25) is 34.5 Å². The molecule has 0 fully saturated rings. The average Bonchev–Trinajstić information content (AvgIpc) is 4.05. The van der Waals surface area contributed by atoms with Gasteiger partial charge in [-0.05, 0) is 192 Å². The summed E-state index contributed by atoms with van der Waals surface area (Å²) < 4.78 is 18.8. The third-order valence-corrected chi connectivity index (χ3v) is 13.5. The Bertz CT molecular complexity index is 3260. The number of carbonyl (C=O) groups excluding carboxylic acids is 6. The molecule has 0 unspecified atom stereocenters. The van der Waals surface area contributed by atoms with E-state index in [9.17, 15) is 28.8 Å². The highest BCUT2D eigenvalue weighted by atomic mass is 79.9. The fourth-order valence-corrected chi connectivity index (χ4v) is 9.55. The predicted octanol–water partition coefficient (Wildman–Crippen LogP) is 11.8. The maximum Gasteiger partial charge on any atom is 0.356 e. The smallest absolute Gasteiger partial charge is 0.356 e. The summed E-state index contributed by atoms with van der Waals surface area (Å²) in [6.07, 6.45) is 9.39. The van der Waals surface area contributed by atoms with Gasteiger partial charge in [-0.15, -0.1) is 0 Å². The molecule has 3 aliphatic rings. The van der Waals surface area contributed by atoms with E-state index in [1.807, 2.05) is 66.7 Å². The van der Waals surface area contributed by atoms with Crippen LogP contribution >= 0.6 is 112 Å². The minimum atomic E-state index is -0.463. The van der Waals surface area contributed by atoms with Crippen molar-refractivity contribution in [1.82, 2.24) is 50.6 Å². The number of nitrogens with one attached hydrogen (secondary N) is 1. The minimum Gasteiger partial charge on any atom is -0.464 e. The van der Waals surface area contributed by atoms with Crippen molar-refractivity contribution >= 4 is 147 Å². The van der Waals surface area contributed by atoms with Crippen LogP contribution in [0.1, 0.15) is 138 Å². The summed E-state index contributed by atoms with van der Waals surface area (Å²) in [5.74, 6) is -2.32. The molecule has 9 rings (SSSR count). The number of pyridine rings is 6. The number of fused-ring (bicyclic) bond motifs is 3. The van der Waals surface area contributed by atoms with Crippen molar-refractivity contribution in [3.8, 4) is 0 Å². The summed E-state index contributed by atoms with van der Waals surface area (Å²) in [7, 11) is 4.00. The fourth-order valence-electron chi connectivity index (χ4n) is 6.78. The van der Waals surface area contributed by atoms with E-state index < -0.39 is 29.7 Å². The molecule has 0 aliphatic carbocycles. The summed E-state index contributed by atoms with van der Waals surface area (Å²) in [6, 6.07) is 10.9. The van der Waals surface area contributed by atoms with Gasteiger partial charge in [0.2, 0.25) is 0 Å². The molecular weight excluding hydrogens is 1540 g/mol. The van der Waals surface area contributed by atoms with Crippen molar-refractivity contribution in [3.63, 3.8) is 0 Å². The highest BCUT2D eigenvalue weighted by Gasteiger charge is 2.33. The largest absolute Gasteiger partial charge is 0.464 e. The van der Waals surface area contributed by atoms with Crippen LogP contribution in [-0.4, -0.2) is 124 Å². The van der Waals surface area contributed by atoms with E-state index in [1.165, 1.54) is 38.8 Å². The van der Waals surface area contributed by atoms with Gasteiger partial charge in [0.1, 0.15) is 17.1 Å². The molecule has 6 aromatic heterocycles. The second-order valence-electron chi connectivity index (χ2n) is 19.0. The van der Waals surface area contributed by atoms with E-state index in [-0.39, 0.29) is 35.9 Å². The molecule has 3 amide bonds. The monoisotopic (exact) mass is 1590 g/mol. The first-order valence-corrected chi connectivity index (χ1v) is 29.9. The number of hydroxylamine groups is 7. The van der Waals surface area contributed by atoms with Gasteiger partial charge < -0.3 is 14.2 Å². The van der Waals surface area contributed by atoms with Gasteiger partial charge in [-0.25, -0.2) is 59.5 Å². The molecule has 83 heavy (non-hydrogen) atoms. The van der Waals surface area contributed by atoms with E-state index in [2.05, 4.69) is 161 Å². The Balaban J connectivity index is 0.000000215. The zero-order valence-electron chi connectivity index (χ0n) is 46.0. The number of hydrogen-bond donors (Lipinski definition) is 3. The van der Waals surface area contributed by atoms with E-state index in [0.29, 0.717) is 62.6 Å². The van der Waals surface area contributed by atoms with Crippen LogP contribution in [0.4, 0.5) is 0 Å². The summed E-state index contributed by atoms with van der Waals surface area (Å²) in [4.78, 5) is 103. The highest BCUT2D eigenvalue weighted by molar-refractivity contribution is 9.11. The van der Waals surface area contributed by atoms with E-state index >= 15 is 0 Å². The number of rotatable bonds is 8. The van der Waals surface area contributed by atoms with E-state index in [4.69, 9.17) is 20.1 Å². The first-order chi connectivity index (χ1) is 38.9. The third kappa shape index (κ3) is 21.7. The van der Waals surface area contributed by atoms with Crippen molar-refractivity contribution in [3.05, 3.63) is 168 Å². The molecule has 0 saturated heterocycles. The second kappa shape index (κ2) is 32.4. The van der Waals surface area contributed by atoms with Gasteiger partial charge in [-0.2, -0.15) is 5.48 Å². The lowest BCUT2D eigenvalue weighted by Crippen LogP contribution is -2.34. The molecular formula is C53H55Br7N10O13. The molecule has 9 heterocycles. The predicted molar refractivity (Wildman–Crippen MR) is 325 cm³/mol. The SMILES string of the molecule is CC(C)(C)ON1Cc2cc(Br)cnc2C1=O.COC(=O)c1ncc(Br)cc1C.COC(=O)c1ncc(Br)cc1CBr.COC(=O)c1ncc(Br)cc1CNOC(C)(C)C.O=C1c2ncc(Br)cc2CN1O.O=C1c2ncc(Br)cc2CN1O. The second-order valence-corrected chi connectivity index (χ2v) is 25.1. The molecule has 23 nitrogen and oxygen atoms in total. The van der Waals surface area contributed by atoms with Crippen molar-refractivity contribution in [2.75, 3.05) is 21.3 Å². The van der Waals surface area contributed by atoms with Crippen molar-refractivity contribution < 1.29 is 63.1 Å². The third-order valence-electron chi connectivity index (χ3n) is 10.3. The lowest BCUT2D eigenvalue weighted by molar-refractivity contribution is -0.197. The summed E-state index contributed by atoms with van der Waals surface area (Å²) in [5.41, 5.74) is 8.98. The number of nitrogens with zero attached hydrogens (tertiary/aromatic N) is 9. The number of hydrogen-bond acceptors (Lipinski definition) is 20. The van der Waals surface area contributed by atoms with Crippen LogP contribution in [0, 0.1) is 6.92 Å². The van der Waals surface area contributed by atoms with Gasteiger partial charge in [0.15, 0.2) is 17.1 Å². The minimum absolute atomic E-state index is 0.169. The van der Waals surface area contributed by atoms with Crippen LogP contribution in [0.25, 0.3) is 0 Å². The number of carbonyl (C=O) groups is 6. The Kier molecular flexibility index (Phi) is 27.5. The Morgan fingerprint density at radius 3 is 1.27 bits per heavy atom. The Morgan fingerprint density at radius 2 is 0.867 bits per heavy atom. The number of amides is 3. The maximum absolute atomic E-state index is 11.9. The molecule has 0 bridgehead atoms. The van der Waals surface area contributed by atoms with Gasteiger partial charge >= 0.3 is 17.9 Å². The van der Waals surface area contributed by atoms with Crippen LogP contribution in [0.5, 0.6) is 0 Å². The van der Waals surface area contributed by atoms with Crippen LogP contribution in [0.2, 0.25) is 0 Å². The first kappa shape index (κ1) is 70.4. The standard InChI is InChI=1S/C12H17BrN2O3.C11H13BrN2O2.C8H7Br2NO2.C8H8BrNO2.2C7H5BrN2O2/c1-12(2,3)18-15-6-8-5-9(13)7-14-10(8)11(16)17-4;1-11(2,3)16-14-6-7-4-8(12)5-13-9(7)10(14)15;1-13-8(12)7-5(3-9)2-6(10)4-11-7;1-5-3-6(9)4-10-7(5)8(11)12-2;2*8-5-1-4-3-10(12)7(11)6(4)9-2-5/h5,7,15H,6H2,1-4H3;4-5H,6H2,1-3H3;2,4H,3H2,1H3;3-4H,1-2H3;2*1-2,12H,3H2. The molecule has 3 aliphatic heterocycles. The lowest BCUT2D eigenvalue weighted by Gasteiger charge is -2.25. The summed E-state index contributed by atoms with van der Waals surface area (Å²) in [5, 5.41) is 21.3. The number of aromatic nitrogens is 6. The number of aryl methyl sites for hydroxylation is 1. The Hall–Kier alpha value is -5.12. The number of ether oxygens (including phenoxy) is 3. The summed E-state index contributed by atoms with van der Waals surface area (Å²) in [6.45, 7) is 14.6. The molecule has 0 radical (unpaired) electrons. The zero-order valence-corrected chi connectivity index (χ0v) is 57.1. The molecule has 0 aromatic carbocycles. The number of esters is 3. The Labute approximate surface area is 536 Å². The number of halogens is 7. The molecule has 6 aromatic rings. The number of alkyl halides is 1. The molecule has 0 spiro atoms. The van der Waals surface area contributed by atoms with Gasteiger partial charge in [0.25, 0.3) is 17.7 Å². The summed E-state index contributed by atoms with van der Waals surface area (Å²) >= 11 is 22.9. The van der Waals surface area contributed by atoms with Crippen LogP contribution in [-0.2, 0) is 55.4 Å². The van der Waals surface area contributed by atoms with E-state index in [0.717, 1.165) is 54.7 Å². The topological polar surface area (TPSA) is 288 Å². The molecule has 0 saturated carbocycles. The maximum atomic E-state index is 11.9. The van der Waals surface area contributed by atoms with Crippen LogP contribution in [0.3, 0.4) is 0 Å². The van der Waals surface area contributed by atoms with Crippen molar-refractivity contribution in [2.24, 2.45) is 0 Å². The molecule has 444 valence electrons. The fraction of sp³-hybridized carbons (Fsp3) is 0.321.